The van der Waals surface area contributed by atoms with Gasteiger partial charge in [0.1, 0.15) is 6.61 Å². The normalized spacial score (nSPS) is 19.1. The molecule has 3 nitrogen and oxygen atoms in total. The van der Waals surface area contributed by atoms with E-state index in [1.807, 2.05) is 11.8 Å². The number of nitrogens with zero attached hydrogens (tertiary/aromatic N) is 1. The molecule has 1 rings (SSSR count). The van der Waals surface area contributed by atoms with Gasteiger partial charge in [-0.1, -0.05) is 15.9 Å². The van der Waals surface area contributed by atoms with Crippen molar-refractivity contribution in [2.75, 3.05) is 26.3 Å². The molecular formula is C9H16BrNO2. The predicted molar refractivity (Wildman–Crippen MR) is 55.0 cm³/mol. The number of ether oxygens (including phenoxy) is 1. The molecule has 0 aromatic heterocycles. The molecule has 1 saturated heterocycles. The largest absolute Gasteiger partial charge is 0.372 e. The Morgan fingerprint density at radius 2 is 2.15 bits per heavy atom. The average Bonchev–Trinajstić information content (AvgIpc) is 2.15. The van der Waals surface area contributed by atoms with Crippen LogP contribution in [0.3, 0.4) is 0 Å². The molecule has 0 radical (unpaired) electrons. The molecule has 13 heavy (non-hydrogen) atoms. The van der Waals surface area contributed by atoms with E-state index >= 15 is 0 Å². The fraction of sp³-hybridized carbons (Fsp3) is 0.889. The van der Waals surface area contributed by atoms with Crippen LogP contribution in [0.5, 0.6) is 0 Å². The summed E-state index contributed by atoms with van der Waals surface area (Å²) in [6.07, 6.45) is 2.11. The second-order valence-corrected chi connectivity index (χ2v) is 4.49. The lowest BCUT2D eigenvalue weighted by Crippen LogP contribution is -2.40. The standard InChI is InChI=1S/C9H16BrNO2/c1-2-13-7-9(12)11-5-3-8(10)4-6-11/h8H,2-7H2,1H3. The molecule has 0 bridgehead atoms. The number of carbonyl (C=O) groups is 1. The maximum atomic E-state index is 11.4. The minimum atomic E-state index is 0.126. The SMILES string of the molecule is CCOCC(=O)N1CCC(Br)CC1. The van der Waals surface area contributed by atoms with E-state index in [4.69, 9.17) is 4.74 Å². The van der Waals surface area contributed by atoms with Crippen molar-refractivity contribution in [1.29, 1.82) is 0 Å². The van der Waals surface area contributed by atoms with Crippen molar-refractivity contribution in [1.82, 2.24) is 4.90 Å². The van der Waals surface area contributed by atoms with Crippen LogP contribution in [-0.2, 0) is 9.53 Å². The van der Waals surface area contributed by atoms with Crippen LogP contribution in [0.4, 0.5) is 0 Å². The number of halogens is 1. The third kappa shape index (κ3) is 3.65. The second kappa shape index (κ2) is 5.60. The van der Waals surface area contributed by atoms with Crippen LogP contribution < -0.4 is 0 Å². The van der Waals surface area contributed by atoms with Crippen LogP contribution in [-0.4, -0.2) is 41.9 Å². The lowest BCUT2D eigenvalue weighted by Gasteiger charge is -2.29. The number of hydrogen-bond donors (Lipinski definition) is 0. The van der Waals surface area contributed by atoms with Gasteiger partial charge in [-0.25, -0.2) is 0 Å². The summed E-state index contributed by atoms with van der Waals surface area (Å²) in [5.41, 5.74) is 0. The first-order valence-electron chi connectivity index (χ1n) is 4.73. The summed E-state index contributed by atoms with van der Waals surface area (Å²) < 4.78 is 5.07. The van der Waals surface area contributed by atoms with E-state index in [0.717, 1.165) is 25.9 Å². The zero-order valence-electron chi connectivity index (χ0n) is 7.96. The van der Waals surface area contributed by atoms with Gasteiger partial charge in [-0.2, -0.15) is 0 Å². The Kier molecular flexibility index (Phi) is 4.73. The van der Waals surface area contributed by atoms with Gasteiger partial charge in [-0.3, -0.25) is 4.79 Å². The average molecular weight is 250 g/mol. The molecule has 1 amide bonds. The minimum absolute atomic E-state index is 0.126. The van der Waals surface area contributed by atoms with E-state index in [-0.39, 0.29) is 12.5 Å². The van der Waals surface area contributed by atoms with Crippen molar-refractivity contribution in [2.24, 2.45) is 0 Å². The van der Waals surface area contributed by atoms with E-state index in [0.29, 0.717) is 11.4 Å². The van der Waals surface area contributed by atoms with Crippen molar-refractivity contribution in [3.05, 3.63) is 0 Å². The molecular weight excluding hydrogens is 234 g/mol. The smallest absolute Gasteiger partial charge is 0.248 e. The number of piperidine rings is 1. The van der Waals surface area contributed by atoms with Crippen LogP contribution in [0.15, 0.2) is 0 Å². The minimum Gasteiger partial charge on any atom is -0.372 e. The first-order chi connectivity index (χ1) is 6.24. The van der Waals surface area contributed by atoms with Gasteiger partial charge in [-0.05, 0) is 19.8 Å². The van der Waals surface area contributed by atoms with E-state index in [1.165, 1.54) is 0 Å². The van der Waals surface area contributed by atoms with E-state index in [1.54, 1.807) is 0 Å². The number of alkyl halides is 1. The van der Waals surface area contributed by atoms with Gasteiger partial charge in [0.15, 0.2) is 0 Å². The predicted octanol–water partition coefficient (Wildman–Crippen LogP) is 1.41. The van der Waals surface area contributed by atoms with Crippen molar-refractivity contribution in [3.8, 4) is 0 Å². The summed E-state index contributed by atoms with van der Waals surface area (Å²) in [6, 6.07) is 0. The summed E-state index contributed by atoms with van der Waals surface area (Å²) >= 11 is 3.55. The molecule has 0 aliphatic carbocycles. The molecule has 0 spiro atoms. The zero-order chi connectivity index (χ0) is 9.68. The van der Waals surface area contributed by atoms with Crippen molar-refractivity contribution in [2.45, 2.75) is 24.6 Å². The number of hydrogen-bond acceptors (Lipinski definition) is 2. The third-order valence-corrected chi connectivity index (χ3v) is 3.12. The van der Waals surface area contributed by atoms with Crippen molar-refractivity contribution in [3.63, 3.8) is 0 Å². The number of rotatable bonds is 3. The van der Waals surface area contributed by atoms with Gasteiger partial charge in [0.25, 0.3) is 0 Å². The fourth-order valence-electron chi connectivity index (χ4n) is 1.38. The van der Waals surface area contributed by atoms with Crippen LogP contribution in [0.1, 0.15) is 19.8 Å². The van der Waals surface area contributed by atoms with E-state index in [9.17, 15) is 4.79 Å². The summed E-state index contributed by atoms with van der Waals surface area (Å²) in [4.78, 5) is 13.9. The number of carbonyl (C=O) groups excluding carboxylic acids is 1. The Hall–Kier alpha value is -0.0900. The van der Waals surface area contributed by atoms with Gasteiger partial charge < -0.3 is 9.64 Å². The molecule has 76 valence electrons. The van der Waals surface area contributed by atoms with E-state index < -0.39 is 0 Å². The zero-order valence-corrected chi connectivity index (χ0v) is 9.55. The van der Waals surface area contributed by atoms with Crippen molar-refractivity contribution >= 4 is 21.8 Å². The summed E-state index contributed by atoms with van der Waals surface area (Å²) in [5, 5.41) is 0. The summed E-state index contributed by atoms with van der Waals surface area (Å²) in [6.45, 7) is 4.48. The molecule has 0 aromatic rings. The Labute approximate surface area is 87.6 Å². The molecule has 4 heteroatoms. The molecule has 1 fully saturated rings. The van der Waals surface area contributed by atoms with Crippen molar-refractivity contribution < 1.29 is 9.53 Å². The van der Waals surface area contributed by atoms with Crippen LogP contribution in [0, 0.1) is 0 Å². The highest BCUT2D eigenvalue weighted by Gasteiger charge is 2.20. The Morgan fingerprint density at radius 1 is 1.54 bits per heavy atom. The molecule has 0 aromatic carbocycles. The molecule has 1 heterocycles. The Balaban J connectivity index is 2.23. The number of amides is 1. The first kappa shape index (κ1) is 11.0. The Morgan fingerprint density at radius 3 is 2.69 bits per heavy atom. The molecule has 1 aliphatic rings. The topological polar surface area (TPSA) is 29.5 Å². The molecule has 0 N–H and O–H groups in total. The highest BCUT2D eigenvalue weighted by molar-refractivity contribution is 9.09. The molecule has 0 unspecified atom stereocenters. The molecule has 0 saturated carbocycles. The van der Waals surface area contributed by atoms with Gasteiger partial charge >= 0.3 is 0 Å². The maximum absolute atomic E-state index is 11.4. The monoisotopic (exact) mass is 249 g/mol. The van der Waals surface area contributed by atoms with Gasteiger partial charge in [0.05, 0.1) is 0 Å². The quantitative estimate of drug-likeness (QED) is 0.709. The highest BCUT2D eigenvalue weighted by Crippen LogP contribution is 2.17. The van der Waals surface area contributed by atoms with Crippen LogP contribution in [0.2, 0.25) is 0 Å². The number of likely N-dealkylation sites (tertiary alicyclic amines) is 1. The third-order valence-electron chi connectivity index (χ3n) is 2.21. The summed E-state index contributed by atoms with van der Waals surface area (Å²) in [7, 11) is 0. The summed E-state index contributed by atoms with van der Waals surface area (Å²) in [5.74, 6) is 0.126. The van der Waals surface area contributed by atoms with Gasteiger partial charge in [0.2, 0.25) is 5.91 Å². The molecule has 0 atom stereocenters. The maximum Gasteiger partial charge on any atom is 0.248 e. The van der Waals surface area contributed by atoms with Crippen LogP contribution in [0.25, 0.3) is 0 Å². The first-order valence-corrected chi connectivity index (χ1v) is 5.65. The second-order valence-electron chi connectivity index (χ2n) is 3.19. The van der Waals surface area contributed by atoms with Crippen LogP contribution >= 0.6 is 15.9 Å². The fourth-order valence-corrected chi connectivity index (χ4v) is 1.79. The van der Waals surface area contributed by atoms with Gasteiger partial charge in [-0.15, -0.1) is 0 Å². The lowest BCUT2D eigenvalue weighted by atomic mass is 10.1. The Bertz CT molecular complexity index is 167. The highest BCUT2D eigenvalue weighted by atomic mass is 79.9. The van der Waals surface area contributed by atoms with E-state index in [2.05, 4.69) is 15.9 Å². The van der Waals surface area contributed by atoms with Gasteiger partial charge in [0, 0.05) is 24.5 Å². The molecule has 1 aliphatic heterocycles. The lowest BCUT2D eigenvalue weighted by molar-refractivity contribution is -0.136.